The summed E-state index contributed by atoms with van der Waals surface area (Å²) in [6, 6.07) is 8.45. The summed E-state index contributed by atoms with van der Waals surface area (Å²) in [4.78, 5) is 0. The quantitative estimate of drug-likeness (QED) is 0.624. The van der Waals surface area contributed by atoms with E-state index in [1.165, 1.54) is 17.5 Å². The maximum Gasteiger partial charge on any atom is 0 e. The van der Waals surface area contributed by atoms with Crippen molar-refractivity contribution in [2.24, 2.45) is 0 Å². The predicted molar refractivity (Wildman–Crippen MR) is 63.2 cm³/mol. The number of hydrogen-bond donors (Lipinski definition) is 0. The minimum absolute atomic E-state index is 0. The molecule has 0 radical (unpaired) electrons. The van der Waals surface area contributed by atoms with Crippen LogP contribution >= 0.6 is 0 Å². The molecule has 1 rings (SSSR count). The molecular weight excluding hydrogens is 340 g/mol. The summed E-state index contributed by atoms with van der Waals surface area (Å²) in [5, 5.41) is 0. The van der Waals surface area contributed by atoms with E-state index < -0.39 is 0 Å². The Morgan fingerprint density at radius 1 is 0.929 bits per heavy atom. The number of rotatable bonds is 0. The molecule has 0 saturated carbocycles. The van der Waals surface area contributed by atoms with E-state index >= 15 is 0 Å². The molecule has 0 bridgehead atoms. The van der Waals surface area contributed by atoms with Gasteiger partial charge in [0.1, 0.15) is 0 Å². The van der Waals surface area contributed by atoms with Gasteiger partial charge in [-0.3, -0.25) is 0 Å². The second-order valence-electron chi connectivity index (χ2n) is 2.87. The van der Waals surface area contributed by atoms with Crippen LogP contribution < -0.4 is 0 Å². The molecule has 0 aliphatic carbocycles. The van der Waals surface area contributed by atoms with E-state index in [4.69, 9.17) is 0 Å². The van der Waals surface area contributed by atoms with Crippen LogP contribution in [0.3, 0.4) is 0 Å². The minimum Gasteiger partial charge on any atom is -0.0683 e. The van der Waals surface area contributed by atoms with Crippen molar-refractivity contribution in [2.75, 3.05) is 0 Å². The smallest absolute Gasteiger partial charge is 0 e. The Morgan fingerprint density at radius 3 is 1.36 bits per heavy atom. The van der Waals surface area contributed by atoms with Crippen LogP contribution in [-0.4, -0.2) is 0 Å². The Morgan fingerprint density at radius 2 is 1.21 bits per heavy atom. The van der Waals surface area contributed by atoms with Crippen molar-refractivity contribution in [2.45, 2.75) is 48.0 Å². The summed E-state index contributed by atoms with van der Waals surface area (Å²) in [6.07, 6.45) is 1.25. The second kappa shape index (κ2) is 15.4. The number of hydrogen-bond acceptors (Lipinski definition) is 0. The fourth-order valence-corrected chi connectivity index (χ4v) is 0.807. The Hall–Kier alpha value is -0.0917. The van der Waals surface area contributed by atoms with Gasteiger partial charge in [0.05, 0.1) is 0 Å². The molecule has 82 valence electrons. The summed E-state index contributed by atoms with van der Waals surface area (Å²) in [7, 11) is 0. The third-order valence-corrected chi connectivity index (χ3v) is 1.17. The normalized spacial score (nSPS) is 7.00. The van der Waals surface area contributed by atoms with Gasteiger partial charge in [-0.2, -0.15) is 0 Å². The first kappa shape index (κ1) is 19.5. The zero-order valence-electron chi connectivity index (χ0n) is 10.4. The molecule has 0 fully saturated rings. The van der Waals surface area contributed by atoms with Gasteiger partial charge in [-0.15, -0.1) is 0 Å². The van der Waals surface area contributed by atoms with Crippen LogP contribution in [0.4, 0.5) is 0 Å². The van der Waals surface area contributed by atoms with E-state index in [2.05, 4.69) is 52.0 Å². The largest absolute Gasteiger partial charge is 0.0683 e. The first-order valence-electron chi connectivity index (χ1n) is 5.24. The molecule has 0 spiro atoms. The van der Waals surface area contributed by atoms with Crippen LogP contribution in [0.1, 0.15) is 45.2 Å². The van der Waals surface area contributed by atoms with E-state index in [0.717, 1.165) is 0 Å². The molecule has 0 heterocycles. The molecule has 0 aromatic heterocycles. The van der Waals surface area contributed by atoms with Gasteiger partial charge in [-0.25, -0.2) is 0 Å². The number of benzene rings is 1. The molecule has 0 amide bonds. The predicted octanol–water partition coefficient (Wildman–Crippen LogP) is 4.74. The van der Waals surface area contributed by atoms with Gasteiger partial charge in [0.15, 0.2) is 0 Å². The maximum absolute atomic E-state index is 2.17. The van der Waals surface area contributed by atoms with Gasteiger partial charge in [-0.1, -0.05) is 69.5 Å². The standard InChI is InChI=1S/C8H10.C3H8.C2H6.W/c1-7-4-3-5-8(2)6-7;1-3-2;1-2;/h3-6H,1-2H3;3H2,1-2H3;1-2H3;. The Balaban J connectivity index is -0.000000176. The van der Waals surface area contributed by atoms with Crippen LogP contribution in [0.2, 0.25) is 0 Å². The van der Waals surface area contributed by atoms with Crippen molar-refractivity contribution in [3.8, 4) is 0 Å². The first-order chi connectivity index (χ1) is 6.20. The fraction of sp³-hybridized carbons (Fsp3) is 0.538. The van der Waals surface area contributed by atoms with E-state index in [1.54, 1.807) is 0 Å². The summed E-state index contributed by atoms with van der Waals surface area (Å²) in [5.41, 5.74) is 2.68. The average molecular weight is 364 g/mol. The monoisotopic (exact) mass is 364 g/mol. The molecule has 1 aromatic rings. The van der Waals surface area contributed by atoms with Gasteiger partial charge in [0.2, 0.25) is 0 Å². The molecule has 0 saturated heterocycles. The molecule has 0 N–H and O–H groups in total. The molecular formula is C13H24W. The van der Waals surface area contributed by atoms with Crippen LogP contribution in [0, 0.1) is 13.8 Å². The summed E-state index contributed by atoms with van der Waals surface area (Å²) in [5.74, 6) is 0. The molecule has 0 aliphatic rings. The van der Waals surface area contributed by atoms with E-state index in [1.807, 2.05) is 13.8 Å². The Bertz CT molecular complexity index is 177. The molecule has 0 unspecified atom stereocenters. The van der Waals surface area contributed by atoms with E-state index in [9.17, 15) is 0 Å². The van der Waals surface area contributed by atoms with Gasteiger partial charge in [-0.05, 0) is 13.8 Å². The summed E-state index contributed by atoms with van der Waals surface area (Å²) >= 11 is 0. The average Bonchev–Trinajstić information content (AvgIpc) is 2.08. The Labute approximate surface area is 104 Å². The third-order valence-electron chi connectivity index (χ3n) is 1.17. The maximum atomic E-state index is 2.17. The van der Waals surface area contributed by atoms with Gasteiger partial charge >= 0.3 is 0 Å². The van der Waals surface area contributed by atoms with Crippen molar-refractivity contribution in [3.05, 3.63) is 35.4 Å². The molecule has 1 aromatic carbocycles. The van der Waals surface area contributed by atoms with Gasteiger partial charge < -0.3 is 0 Å². The van der Waals surface area contributed by atoms with Crippen LogP contribution in [0.15, 0.2) is 24.3 Å². The summed E-state index contributed by atoms with van der Waals surface area (Å²) in [6.45, 7) is 12.5. The van der Waals surface area contributed by atoms with Crippen molar-refractivity contribution >= 4 is 0 Å². The number of aryl methyl sites for hydroxylation is 2. The minimum atomic E-state index is 0. The van der Waals surface area contributed by atoms with E-state index in [-0.39, 0.29) is 21.1 Å². The SMILES string of the molecule is CC.CCC.Cc1cccc(C)c1.[W]. The third kappa shape index (κ3) is 14.4. The van der Waals surface area contributed by atoms with Crippen molar-refractivity contribution < 1.29 is 21.1 Å². The second-order valence-corrected chi connectivity index (χ2v) is 2.87. The topological polar surface area (TPSA) is 0 Å². The van der Waals surface area contributed by atoms with Gasteiger partial charge in [0, 0.05) is 21.1 Å². The van der Waals surface area contributed by atoms with Crippen molar-refractivity contribution in [3.63, 3.8) is 0 Å². The van der Waals surface area contributed by atoms with Crippen LogP contribution in [0.25, 0.3) is 0 Å². The van der Waals surface area contributed by atoms with Crippen LogP contribution in [-0.2, 0) is 21.1 Å². The van der Waals surface area contributed by atoms with Crippen molar-refractivity contribution in [1.82, 2.24) is 0 Å². The van der Waals surface area contributed by atoms with E-state index in [0.29, 0.717) is 0 Å². The first-order valence-corrected chi connectivity index (χ1v) is 5.24. The molecule has 0 aliphatic heterocycles. The molecule has 14 heavy (non-hydrogen) atoms. The molecule has 0 nitrogen and oxygen atoms in total. The Kier molecular flexibility index (Phi) is 21.4. The molecule has 1 heteroatoms. The van der Waals surface area contributed by atoms with Gasteiger partial charge in [0.25, 0.3) is 0 Å². The molecule has 0 atom stereocenters. The van der Waals surface area contributed by atoms with Crippen molar-refractivity contribution in [1.29, 1.82) is 0 Å². The fourth-order valence-electron chi connectivity index (χ4n) is 0.807. The zero-order valence-corrected chi connectivity index (χ0v) is 13.4. The van der Waals surface area contributed by atoms with Crippen LogP contribution in [0.5, 0.6) is 0 Å². The zero-order chi connectivity index (χ0) is 10.7. The summed E-state index contributed by atoms with van der Waals surface area (Å²) < 4.78 is 0.